The number of pyridine rings is 1. The second kappa shape index (κ2) is 12.9. The summed E-state index contributed by atoms with van der Waals surface area (Å²) < 4.78 is 58.0. The van der Waals surface area contributed by atoms with E-state index in [9.17, 15) is 22.3 Å². The summed E-state index contributed by atoms with van der Waals surface area (Å²) in [5.74, 6) is 2.01. The van der Waals surface area contributed by atoms with Gasteiger partial charge < -0.3 is 19.1 Å². The molecule has 0 radical (unpaired) electrons. The van der Waals surface area contributed by atoms with E-state index in [0.717, 1.165) is 17.4 Å². The van der Waals surface area contributed by atoms with Gasteiger partial charge in [0.25, 0.3) is 0 Å². The van der Waals surface area contributed by atoms with Crippen molar-refractivity contribution >= 4 is 20.9 Å². The molecule has 10 heteroatoms. The predicted molar refractivity (Wildman–Crippen MR) is 173 cm³/mol. The quantitative estimate of drug-likeness (QED) is 0.151. The fourth-order valence-electron chi connectivity index (χ4n) is 5.01. The first-order valence-electron chi connectivity index (χ1n) is 14.0. The molecule has 1 aromatic heterocycles. The number of ether oxygens (including phenoxy) is 2. The van der Waals surface area contributed by atoms with E-state index in [2.05, 4.69) is 18.8 Å². The number of aromatic nitrogens is 1. The number of benzene rings is 4. The lowest BCUT2D eigenvalue weighted by molar-refractivity contribution is 0.216. The number of hydrogen-bond acceptors (Lipinski definition) is 7. The van der Waals surface area contributed by atoms with Crippen LogP contribution in [0.15, 0.2) is 119 Å². The Hall–Kier alpha value is -4.35. The first-order chi connectivity index (χ1) is 21.3. The molecule has 0 aliphatic carbocycles. The Morgan fingerprint density at radius 3 is 1.84 bits per heavy atom. The van der Waals surface area contributed by atoms with Crippen LogP contribution < -0.4 is 9.47 Å². The van der Waals surface area contributed by atoms with Crippen LogP contribution in [-0.4, -0.2) is 33.5 Å². The van der Waals surface area contributed by atoms with E-state index in [1.165, 1.54) is 18.3 Å². The van der Waals surface area contributed by atoms with E-state index < -0.39 is 27.0 Å². The molecule has 5 aromatic rings. The van der Waals surface area contributed by atoms with Gasteiger partial charge in [0.05, 0.1) is 9.79 Å². The fraction of sp³-hybridized carbons (Fsp3) is 0.171. The van der Waals surface area contributed by atoms with Gasteiger partial charge in [0.2, 0.25) is 0 Å². The molecule has 2 atom stereocenters. The first-order valence-corrected chi connectivity index (χ1v) is 17.0. The van der Waals surface area contributed by atoms with Crippen LogP contribution in [0.2, 0.25) is 0 Å². The van der Waals surface area contributed by atoms with Gasteiger partial charge in [-0.1, -0.05) is 50.2 Å². The molecule has 4 aromatic carbocycles. The Labute approximate surface area is 265 Å². The van der Waals surface area contributed by atoms with Gasteiger partial charge in [-0.05, 0) is 84.3 Å². The third-order valence-corrected chi connectivity index (χ3v) is 9.63. The van der Waals surface area contributed by atoms with Crippen molar-refractivity contribution in [3.05, 3.63) is 137 Å². The monoisotopic (exact) mass is 643 g/mol. The molecule has 0 bridgehead atoms. The maximum atomic E-state index is 12.5. The molecular formula is C35H33NO7S2. The maximum Gasteiger partial charge on any atom is 0.186 e. The van der Waals surface area contributed by atoms with Crippen molar-refractivity contribution in [3.8, 4) is 23.0 Å². The van der Waals surface area contributed by atoms with Crippen molar-refractivity contribution in [2.45, 2.75) is 42.1 Å². The molecule has 0 saturated carbocycles. The smallest absolute Gasteiger partial charge is 0.186 e. The van der Waals surface area contributed by atoms with E-state index in [1.54, 1.807) is 49.5 Å². The van der Waals surface area contributed by atoms with E-state index in [-0.39, 0.29) is 15.9 Å². The lowest BCUT2D eigenvalue weighted by Crippen LogP contribution is -2.18. The first kappa shape index (κ1) is 32.1. The fourth-order valence-corrected chi connectivity index (χ4v) is 6.48. The third kappa shape index (κ3) is 7.32. The number of sulfone groups is 1. The maximum absolute atomic E-state index is 12.5. The SMILES string of the molecule is Cc1ccc(Oc2ccc(C(C)(C)c3ccc(Oc4ccc(S(C)(=O)=O)c(C(O)c5cccnc5)c4)cc3)cc2)cc1S(=O)O. The number of rotatable bonds is 10. The minimum absolute atomic E-state index is 0.0184. The number of aliphatic hydroxyl groups excluding tert-OH is 1. The van der Waals surface area contributed by atoms with Gasteiger partial charge in [0.15, 0.2) is 20.9 Å². The average molecular weight is 644 g/mol. The predicted octanol–water partition coefficient (Wildman–Crippen LogP) is 7.37. The van der Waals surface area contributed by atoms with E-state index in [4.69, 9.17) is 9.47 Å². The normalized spacial score (nSPS) is 13.2. The second-order valence-electron chi connectivity index (χ2n) is 11.2. The van der Waals surface area contributed by atoms with Crippen molar-refractivity contribution < 1.29 is 31.8 Å². The van der Waals surface area contributed by atoms with Crippen LogP contribution in [0.25, 0.3) is 0 Å². The van der Waals surface area contributed by atoms with Gasteiger partial charge in [-0.25, -0.2) is 12.6 Å². The van der Waals surface area contributed by atoms with Crippen LogP contribution in [0.3, 0.4) is 0 Å². The van der Waals surface area contributed by atoms with E-state index >= 15 is 0 Å². The van der Waals surface area contributed by atoms with Gasteiger partial charge in [-0.15, -0.1) is 0 Å². The topological polar surface area (TPSA) is 123 Å². The molecular weight excluding hydrogens is 611 g/mol. The minimum atomic E-state index is -3.61. The highest BCUT2D eigenvalue weighted by atomic mass is 32.2. The molecule has 45 heavy (non-hydrogen) atoms. The van der Waals surface area contributed by atoms with Gasteiger partial charge in [0, 0.05) is 35.2 Å². The summed E-state index contributed by atoms with van der Waals surface area (Å²) in [6.07, 6.45) is 2.97. The highest BCUT2D eigenvalue weighted by Crippen LogP contribution is 2.36. The summed E-state index contributed by atoms with van der Waals surface area (Å²) in [6.45, 7) is 5.99. The number of aliphatic hydroxyl groups is 1. The zero-order valence-electron chi connectivity index (χ0n) is 25.2. The molecule has 2 N–H and O–H groups in total. The van der Waals surface area contributed by atoms with Crippen molar-refractivity contribution in [3.63, 3.8) is 0 Å². The Morgan fingerprint density at radius 1 is 0.800 bits per heavy atom. The molecule has 8 nitrogen and oxygen atoms in total. The summed E-state index contributed by atoms with van der Waals surface area (Å²) in [5, 5.41) is 11.0. The van der Waals surface area contributed by atoms with Crippen molar-refractivity contribution in [2.75, 3.05) is 6.26 Å². The lowest BCUT2D eigenvalue weighted by Gasteiger charge is -2.26. The van der Waals surface area contributed by atoms with Crippen LogP contribution in [-0.2, 0) is 26.3 Å². The Balaban J connectivity index is 1.33. The van der Waals surface area contributed by atoms with Crippen LogP contribution in [0, 0.1) is 6.92 Å². The largest absolute Gasteiger partial charge is 0.457 e. The van der Waals surface area contributed by atoms with Gasteiger partial charge in [-0.2, -0.15) is 0 Å². The lowest BCUT2D eigenvalue weighted by atomic mass is 9.78. The molecule has 2 unspecified atom stereocenters. The molecule has 0 amide bonds. The van der Waals surface area contributed by atoms with Crippen LogP contribution in [0.5, 0.6) is 23.0 Å². The molecule has 0 aliphatic heterocycles. The zero-order valence-corrected chi connectivity index (χ0v) is 26.8. The summed E-state index contributed by atoms with van der Waals surface area (Å²) in [7, 11) is -3.61. The summed E-state index contributed by atoms with van der Waals surface area (Å²) in [4.78, 5) is 4.36. The molecule has 232 valence electrons. The average Bonchev–Trinajstić information content (AvgIpc) is 3.02. The van der Waals surface area contributed by atoms with Crippen LogP contribution in [0.4, 0.5) is 0 Å². The number of nitrogens with zero attached hydrogens (tertiary/aromatic N) is 1. The number of aryl methyl sites for hydroxylation is 1. The summed E-state index contributed by atoms with van der Waals surface area (Å²) in [5.41, 5.74) is 3.12. The Kier molecular flexibility index (Phi) is 9.22. The van der Waals surface area contributed by atoms with Crippen molar-refractivity contribution in [1.29, 1.82) is 0 Å². The van der Waals surface area contributed by atoms with Gasteiger partial charge in [-0.3, -0.25) is 4.98 Å². The summed E-state index contributed by atoms with van der Waals surface area (Å²) >= 11 is -2.10. The van der Waals surface area contributed by atoms with E-state index in [0.29, 0.717) is 39.0 Å². The van der Waals surface area contributed by atoms with E-state index in [1.807, 2.05) is 48.5 Å². The Morgan fingerprint density at radius 2 is 1.33 bits per heavy atom. The van der Waals surface area contributed by atoms with Gasteiger partial charge in [0.1, 0.15) is 29.1 Å². The Bertz CT molecular complexity index is 1940. The standard InChI is InChI=1S/C35H33NO7S2/c1-23-7-12-30(21-32(23)44(38)39)43-28-15-10-26(11-16-28)35(2,3)25-8-13-27(14-9-25)42-29-17-18-33(45(4,40)41)31(20-29)34(37)24-6-5-19-36-22-24/h5-22,34,37H,1-4H3,(H,38,39). The van der Waals surface area contributed by atoms with Crippen LogP contribution >= 0.6 is 0 Å². The highest BCUT2D eigenvalue weighted by Gasteiger charge is 2.24. The van der Waals surface area contributed by atoms with Crippen molar-refractivity contribution in [1.82, 2.24) is 4.98 Å². The van der Waals surface area contributed by atoms with Crippen LogP contribution in [0.1, 0.15) is 47.8 Å². The molecule has 0 spiro atoms. The highest BCUT2D eigenvalue weighted by molar-refractivity contribution is 7.90. The third-order valence-electron chi connectivity index (χ3n) is 7.65. The minimum Gasteiger partial charge on any atom is -0.457 e. The molecule has 0 saturated heterocycles. The van der Waals surface area contributed by atoms with Gasteiger partial charge >= 0.3 is 0 Å². The summed E-state index contributed by atoms with van der Waals surface area (Å²) in [6, 6.07) is 28.3. The molecule has 5 rings (SSSR count). The molecule has 1 heterocycles. The second-order valence-corrected chi connectivity index (χ2v) is 14.1. The zero-order chi connectivity index (χ0) is 32.4. The molecule has 0 aliphatic rings. The number of hydrogen-bond donors (Lipinski definition) is 2. The van der Waals surface area contributed by atoms with Crippen molar-refractivity contribution in [2.24, 2.45) is 0 Å². The molecule has 0 fully saturated rings.